The van der Waals surface area contributed by atoms with Crippen LogP contribution in [0.4, 0.5) is 5.69 Å². The summed E-state index contributed by atoms with van der Waals surface area (Å²) in [5.41, 5.74) is 11.1. The molecule has 0 radical (unpaired) electrons. The molecule has 1 aliphatic rings. The fourth-order valence-corrected chi connectivity index (χ4v) is 3.84. The van der Waals surface area contributed by atoms with E-state index >= 15 is 0 Å². The number of nitrogens with zero attached hydrogens (tertiary/aromatic N) is 4. The lowest BCUT2D eigenvalue weighted by atomic mass is 10.1. The number of piperazine rings is 1. The van der Waals surface area contributed by atoms with Crippen molar-refractivity contribution >= 4 is 11.3 Å². The molecule has 3 aromatic rings. The van der Waals surface area contributed by atoms with Gasteiger partial charge in [-0.2, -0.15) is 0 Å². The molecule has 28 heavy (non-hydrogen) atoms. The molecule has 4 rings (SSSR count). The lowest BCUT2D eigenvalue weighted by Crippen LogP contribution is -2.45. The largest absolute Gasteiger partial charge is 0.494 e. The van der Waals surface area contributed by atoms with Gasteiger partial charge in [-0.1, -0.05) is 6.92 Å². The third-order valence-electron chi connectivity index (χ3n) is 5.46. The number of likely N-dealkylation sites (N-methyl/N-ethyl adjacent to an activating group) is 1. The fraction of sp³-hybridized carbons (Fsp3) is 0.409. The first kappa shape index (κ1) is 18.8. The molecule has 0 saturated carbocycles. The zero-order chi connectivity index (χ0) is 19.5. The second kappa shape index (κ2) is 8.20. The highest BCUT2D eigenvalue weighted by Gasteiger charge is 2.21. The number of pyridine rings is 1. The van der Waals surface area contributed by atoms with Crippen LogP contribution in [-0.4, -0.2) is 58.5 Å². The van der Waals surface area contributed by atoms with Gasteiger partial charge in [-0.05, 0) is 49.9 Å². The molecule has 0 unspecified atom stereocenters. The van der Waals surface area contributed by atoms with Crippen molar-refractivity contribution < 1.29 is 4.74 Å². The van der Waals surface area contributed by atoms with Crippen LogP contribution in [0.2, 0.25) is 0 Å². The van der Waals surface area contributed by atoms with Crippen molar-refractivity contribution in [3.63, 3.8) is 0 Å². The molecule has 6 nitrogen and oxygen atoms in total. The summed E-state index contributed by atoms with van der Waals surface area (Å²) in [5.74, 6) is 0.886. The van der Waals surface area contributed by atoms with E-state index in [2.05, 4.69) is 33.3 Å². The van der Waals surface area contributed by atoms with Gasteiger partial charge >= 0.3 is 0 Å². The maximum atomic E-state index is 6.08. The van der Waals surface area contributed by atoms with E-state index in [4.69, 9.17) is 15.5 Å². The fourth-order valence-electron chi connectivity index (χ4n) is 3.84. The van der Waals surface area contributed by atoms with Gasteiger partial charge in [0.25, 0.3) is 0 Å². The molecular weight excluding hydrogens is 350 g/mol. The van der Waals surface area contributed by atoms with Crippen LogP contribution >= 0.6 is 0 Å². The van der Waals surface area contributed by atoms with Gasteiger partial charge in [0.2, 0.25) is 0 Å². The van der Waals surface area contributed by atoms with Crippen LogP contribution in [0.15, 0.2) is 42.6 Å². The quantitative estimate of drug-likeness (QED) is 0.713. The Balaban J connectivity index is 1.68. The number of rotatable bonds is 6. The highest BCUT2D eigenvalue weighted by molar-refractivity contribution is 5.68. The SMILES string of the molecule is CCOc1ccc(-c2nc3ccc(N)cn3c2CN2CCN(CC)CC2)cc1. The summed E-state index contributed by atoms with van der Waals surface area (Å²) < 4.78 is 7.73. The Kier molecular flexibility index (Phi) is 5.50. The summed E-state index contributed by atoms with van der Waals surface area (Å²) in [6, 6.07) is 12.1. The van der Waals surface area contributed by atoms with Crippen molar-refractivity contribution in [1.82, 2.24) is 19.2 Å². The molecule has 2 N–H and O–H groups in total. The van der Waals surface area contributed by atoms with Gasteiger partial charge in [-0.15, -0.1) is 0 Å². The van der Waals surface area contributed by atoms with Crippen LogP contribution in [0.1, 0.15) is 19.5 Å². The predicted octanol–water partition coefficient (Wildman–Crippen LogP) is 3.12. The number of fused-ring (bicyclic) bond motifs is 1. The van der Waals surface area contributed by atoms with E-state index in [0.29, 0.717) is 6.61 Å². The molecule has 1 fully saturated rings. The maximum absolute atomic E-state index is 6.08. The molecule has 0 aliphatic carbocycles. The van der Waals surface area contributed by atoms with Gasteiger partial charge in [0.1, 0.15) is 11.4 Å². The third kappa shape index (κ3) is 3.84. The van der Waals surface area contributed by atoms with Crippen LogP contribution in [0.25, 0.3) is 16.9 Å². The summed E-state index contributed by atoms with van der Waals surface area (Å²) in [7, 11) is 0. The molecule has 0 spiro atoms. The van der Waals surface area contributed by atoms with E-state index in [1.807, 2.05) is 37.4 Å². The summed E-state index contributed by atoms with van der Waals surface area (Å²) in [5, 5.41) is 0. The number of imidazole rings is 1. The molecule has 6 heteroatoms. The van der Waals surface area contributed by atoms with Crippen molar-refractivity contribution in [2.24, 2.45) is 0 Å². The lowest BCUT2D eigenvalue weighted by molar-refractivity contribution is 0.131. The maximum Gasteiger partial charge on any atom is 0.137 e. The zero-order valence-corrected chi connectivity index (χ0v) is 16.8. The van der Waals surface area contributed by atoms with E-state index in [1.165, 1.54) is 5.69 Å². The van der Waals surface area contributed by atoms with E-state index < -0.39 is 0 Å². The van der Waals surface area contributed by atoms with Gasteiger partial charge < -0.3 is 19.8 Å². The molecule has 148 valence electrons. The topological polar surface area (TPSA) is 59.0 Å². The number of ether oxygens (including phenoxy) is 1. The average Bonchev–Trinajstić information content (AvgIpc) is 3.07. The number of nitrogens with two attached hydrogens (primary N) is 1. The first-order valence-electron chi connectivity index (χ1n) is 10.1. The molecule has 0 bridgehead atoms. The molecule has 0 amide bonds. The number of aromatic nitrogens is 2. The molecule has 1 saturated heterocycles. The Labute approximate surface area is 166 Å². The summed E-state index contributed by atoms with van der Waals surface area (Å²) in [4.78, 5) is 9.93. The first-order chi connectivity index (χ1) is 13.7. The molecule has 1 aromatic carbocycles. The lowest BCUT2D eigenvalue weighted by Gasteiger charge is -2.34. The monoisotopic (exact) mass is 379 g/mol. The normalized spacial score (nSPS) is 15.9. The zero-order valence-electron chi connectivity index (χ0n) is 16.8. The summed E-state index contributed by atoms with van der Waals surface area (Å²) in [6.07, 6.45) is 1.98. The minimum absolute atomic E-state index is 0.669. The van der Waals surface area contributed by atoms with E-state index in [1.54, 1.807) is 0 Å². The van der Waals surface area contributed by atoms with Crippen LogP contribution < -0.4 is 10.5 Å². The second-order valence-electron chi connectivity index (χ2n) is 7.27. The number of hydrogen-bond donors (Lipinski definition) is 1. The van der Waals surface area contributed by atoms with Gasteiger partial charge in [-0.3, -0.25) is 4.90 Å². The van der Waals surface area contributed by atoms with Crippen LogP contribution in [-0.2, 0) is 6.54 Å². The number of hydrogen-bond acceptors (Lipinski definition) is 5. The number of nitrogen functional groups attached to an aromatic ring is 1. The smallest absolute Gasteiger partial charge is 0.137 e. The van der Waals surface area contributed by atoms with E-state index in [0.717, 1.165) is 67.6 Å². The number of anilines is 1. The van der Waals surface area contributed by atoms with Crippen molar-refractivity contribution in [2.45, 2.75) is 20.4 Å². The van der Waals surface area contributed by atoms with Crippen molar-refractivity contribution in [1.29, 1.82) is 0 Å². The van der Waals surface area contributed by atoms with Gasteiger partial charge in [0, 0.05) is 50.2 Å². The molecular formula is C22H29N5O. The Morgan fingerprint density at radius 2 is 1.68 bits per heavy atom. The first-order valence-corrected chi connectivity index (χ1v) is 10.1. The standard InChI is InChI=1S/C22H29N5O/c1-3-25-11-13-26(14-12-25)16-20-22(17-5-8-19(9-6-17)28-4-2)24-21-10-7-18(23)15-27(20)21/h5-10,15H,3-4,11-14,16,23H2,1-2H3. The van der Waals surface area contributed by atoms with Crippen LogP contribution in [0.5, 0.6) is 5.75 Å². The Morgan fingerprint density at radius 1 is 0.964 bits per heavy atom. The highest BCUT2D eigenvalue weighted by Crippen LogP contribution is 2.28. The molecule has 3 heterocycles. The Morgan fingerprint density at radius 3 is 2.36 bits per heavy atom. The average molecular weight is 380 g/mol. The predicted molar refractivity (Wildman–Crippen MR) is 114 cm³/mol. The van der Waals surface area contributed by atoms with Crippen LogP contribution in [0, 0.1) is 0 Å². The Hall–Kier alpha value is -2.57. The minimum Gasteiger partial charge on any atom is -0.494 e. The van der Waals surface area contributed by atoms with E-state index in [9.17, 15) is 0 Å². The van der Waals surface area contributed by atoms with Crippen molar-refractivity contribution in [3.05, 3.63) is 48.3 Å². The van der Waals surface area contributed by atoms with Crippen LogP contribution in [0.3, 0.4) is 0 Å². The Bertz CT molecular complexity index is 926. The highest BCUT2D eigenvalue weighted by atomic mass is 16.5. The van der Waals surface area contributed by atoms with Gasteiger partial charge in [0.05, 0.1) is 18.0 Å². The van der Waals surface area contributed by atoms with Gasteiger partial charge in [0.15, 0.2) is 0 Å². The molecule has 1 aliphatic heterocycles. The third-order valence-corrected chi connectivity index (χ3v) is 5.46. The van der Waals surface area contributed by atoms with Crippen molar-refractivity contribution in [3.8, 4) is 17.0 Å². The summed E-state index contributed by atoms with van der Waals surface area (Å²) in [6.45, 7) is 11.3. The number of benzene rings is 1. The van der Waals surface area contributed by atoms with E-state index in [-0.39, 0.29) is 0 Å². The molecule has 2 aromatic heterocycles. The minimum atomic E-state index is 0.669. The molecule has 0 atom stereocenters. The van der Waals surface area contributed by atoms with Gasteiger partial charge in [-0.25, -0.2) is 4.98 Å². The second-order valence-corrected chi connectivity index (χ2v) is 7.27. The van der Waals surface area contributed by atoms with Crippen molar-refractivity contribution in [2.75, 3.05) is 45.1 Å². The summed E-state index contributed by atoms with van der Waals surface area (Å²) >= 11 is 0.